The van der Waals surface area contributed by atoms with E-state index < -0.39 is 0 Å². The van der Waals surface area contributed by atoms with Gasteiger partial charge in [-0.25, -0.2) is 0 Å². The number of alkyl halides is 1. The Bertz CT molecular complexity index is 230. The van der Waals surface area contributed by atoms with E-state index in [9.17, 15) is 0 Å². The second-order valence-electron chi connectivity index (χ2n) is 2.65. The van der Waals surface area contributed by atoms with Crippen LogP contribution in [-0.2, 0) is 0 Å². The molecule has 0 aliphatic heterocycles. The van der Waals surface area contributed by atoms with Gasteiger partial charge >= 0.3 is 0 Å². The topological polar surface area (TPSA) is 0 Å². The molecule has 0 heterocycles. The van der Waals surface area contributed by atoms with E-state index in [-0.39, 0.29) is 5.38 Å². The molecule has 0 aliphatic rings. The molecule has 0 aromatic heterocycles. The van der Waals surface area contributed by atoms with E-state index in [0.29, 0.717) is 0 Å². The Kier molecular flexibility index (Phi) is 3.96. The minimum Gasteiger partial charge on any atom is -0.130 e. The van der Waals surface area contributed by atoms with E-state index in [1.54, 1.807) is 11.8 Å². The molecule has 1 aromatic carbocycles. The summed E-state index contributed by atoms with van der Waals surface area (Å²) in [5, 5.41) is 0.168. The number of rotatable bonds is 3. The van der Waals surface area contributed by atoms with Crippen molar-refractivity contribution in [1.29, 1.82) is 0 Å². The predicted octanol–water partition coefficient (Wildman–Crippen LogP) is 4.10. The van der Waals surface area contributed by atoms with Gasteiger partial charge in [0.05, 0.1) is 5.38 Å². The van der Waals surface area contributed by atoms with Gasteiger partial charge in [-0.1, -0.05) is 19.1 Å². The molecule has 1 aromatic rings. The zero-order valence-electron chi connectivity index (χ0n) is 7.38. The summed E-state index contributed by atoms with van der Waals surface area (Å²) in [4.78, 5) is 1.29. The molecule has 0 bridgehead atoms. The Balaban J connectivity index is 2.77. The van der Waals surface area contributed by atoms with Crippen molar-refractivity contribution in [2.24, 2.45) is 0 Å². The number of halogens is 1. The Hall–Kier alpha value is -0.140. The SMILES string of the molecule is CCC(Cl)c1ccc(SC)cc1. The average molecular weight is 201 g/mol. The molecule has 0 amide bonds. The van der Waals surface area contributed by atoms with Crippen LogP contribution in [0.4, 0.5) is 0 Å². The molecule has 66 valence electrons. The maximum absolute atomic E-state index is 6.08. The van der Waals surface area contributed by atoms with Gasteiger partial charge in [0.25, 0.3) is 0 Å². The van der Waals surface area contributed by atoms with Gasteiger partial charge in [0, 0.05) is 4.90 Å². The van der Waals surface area contributed by atoms with E-state index in [2.05, 4.69) is 37.4 Å². The monoisotopic (exact) mass is 200 g/mol. The molecular weight excluding hydrogens is 188 g/mol. The Morgan fingerprint density at radius 1 is 1.33 bits per heavy atom. The van der Waals surface area contributed by atoms with Gasteiger partial charge in [-0.15, -0.1) is 23.4 Å². The molecule has 0 nitrogen and oxygen atoms in total. The summed E-state index contributed by atoms with van der Waals surface area (Å²) in [5.41, 5.74) is 1.22. The minimum atomic E-state index is 0.168. The van der Waals surface area contributed by atoms with Crippen molar-refractivity contribution in [3.8, 4) is 0 Å². The molecule has 2 heteroatoms. The molecule has 12 heavy (non-hydrogen) atoms. The van der Waals surface area contributed by atoms with E-state index in [0.717, 1.165) is 6.42 Å². The molecule has 0 fully saturated rings. The summed E-state index contributed by atoms with van der Waals surface area (Å²) in [5.74, 6) is 0. The smallest absolute Gasteiger partial charge is 0.0582 e. The fourth-order valence-corrected chi connectivity index (χ4v) is 1.60. The molecule has 0 spiro atoms. The lowest BCUT2D eigenvalue weighted by Crippen LogP contribution is -1.86. The largest absolute Gasteiger partial charge is 0.130 e. The molecule has 1 rings (SSSR count). The third-order valence-electron chi connectivity index (χ3n) is 1.84. The average Bonchev–Trinajstić information content (AvgIpc) is 2.17. The summed E-state index contributed by atoms with van der Waals surface area (Å²) >= 11 is 7.83. The lowest BCUT2D eigenvalue weighted by atomic mass is 10.1. The first-order chi connectivity index (χ1) is 5.77. The van der Waals surface area contributed by atoms with E-state index in [1.807, 2.05) is 0 Å². The number of hydrogen-bond donors (Lipinski definition) is 0. The summed E-state index contributed by atoms with van der Waals surface area (Å²) < 4.78 is 0. The molecule has 0 aliphatic carbocycles. The normalized spacial score (nSPS) is 12.9. The van der Waals surface area contributed by atoms with Crippen LogP contribution in [0.3, 0.4) is 0 Å². The van der Waals surface area contributed by atoms with E-state index >= 15 is 0 Å². The first-order valence-electron chi connectivity index (χ1n) is 4.06. The second kappa shape index (κ2) is 4.78. The molecular formula is C10H13ClS. The van der Waals surface area contributed by atoms with Gasteiger partial charge in [0.2, 0.25) is 0 Å². The van der Waals surface area contributed by atoms with Crippen molar-refractivity contribution in [3.05, 3.63) is 29.8 Å². The van der Waals surface area contributed by atoms with Crippen molar-refractivity contribution in [1.82, 2.24) is 0 Å². The first-order valence-corrected chi connectivity index (χ1v) is 5.72. The molecule has 1 atom stereocenters. The number of hydrogen-bond acceptors (Lipinski definition) is 1. The second-order valence-corrected chi connectivity index (χ2v) is 4.06. The minimum absolute atomic E-state index is 0.168. The third-order valence-corrected chi connectivity index (χ3v) is 3.14. The number of benzene rings is 1. The van der Waals surface area contributed by atoms with Crippen molar-refractivity contribution in [2.45, 2.75) is 23.6 Å². The van der Waals surface area contributed by atoms with E-state index in [4.69, 9.17) is 11.6 Å². The van der Waals surface area contributed by atoms with Crippen LogP contribution >= 0.6 is 23.4 Å². The van der Waals surface area contributed by atoms with Crippen LogP contribution in [-0.4, -0.2) is 6.26 Å². The van der Waals surface area contributed by atoms with Crippen molar-refractivity contribution in [2.75, 3.05) is 6.26 Å². The van der Waals surface area contributed by atoms with Crippen LogP contribution in [0.2, 0.25) is 0 Å². The van der Waals surface area contributed by atoms with Crippen LogP contribution in [0.25, 0.3) is 0 Å². The Labute approximate surface area is 83.3 Å². The summed E-state index contributed by atoms with van der Waals surface area (Å²) in [6, 6.07) is 8.44. The van der Waals surface area contributed by atoms with E-state index in [1.165, 1.54) is 10.5 Å². The van der Waals surface area contributed by atoms with Gasteiger partial charge < -0.3 is 0 Å². The van der Waals surface area contributed by atoms with Gasteiger partial charge in [-0.2, -0.15) is 0 Å². The molecule has 1 unspecified atom stereocenters. The number of thioether (sulfide) groups is 1. The first kappa shape index (κ1) is 9.94. The van der Waals surface area contributed by atoms with Crippen molar-refractivity contribution >= 4 is 23.4 Å². The van der Waals surface area contributed by atoms with Gasteiger partial charge in [0.15, 0.2) is 0 Å². The van der Waals surface area contributed by atoms with Crippen LogP contribution in [0.1, 0.15) is 24.3 Å². The predicted molar refractivity (Wildman–Crippen MR) is 57.1 cm³/mol. The summed E-state index contributed by atoms with van der Waals surface area (Å²) in [7, 11) is 0. The Morgan fingerprint density at radius 3 is 2.33 bits per heavy atom. The molecule has 0 radical (unpaired) electrons. The fraction of sp³-hybridized carbons (Fsp3) is 0.400. The Morgan fingerprint density at radius 2 is 1.92 bits per heavy atom. The third kappa shape index (κ3) is 2.43. The van der Waals surface area contributed by atoms with Crippen LogP contribution in [0, 0.1) is 0 Å². The maximum atomic E-state index is 6.08. The van der Waals surface area contributed by atoms with Gasteiger partial charge in [-0.3, -0.25) is 0 Å². The highest BCUT2D eigenvalue weighted by molar-refractivity contribution is 7.98. The van der Waals surface area contributed by atoms with Gasteiger partial charge in [-0.05, 0) is 30.4 Å². The zero-order chi connectivity index (χ0) is 8.97. The van der Waals surface area contributed by atoms with Crippen molar-refractivity contribution in [3.63, 3.8) is 0 Å². The van der Waals surface area contributed by atoms with Crippen LogP contribution in [0.5, 0.6) is 0 Å². The molecule has 0 N–H and O–H groups in total. The standard InChI is InChI=1S/C10H13ClS/c1-3-10(11)8-4-6-9(12-2)7-5-8/h4-7,10H,3H2,1-2H3. The highest BCUT2D eigenvalue weighted by atomic mass is 35.5. The lowest BCUT2D eigenvalue weighted by molar-refractivity contribution is 0.882. The lowest BCUT2D eigenvalue weighted by Gasteiger charge is -2.06. The summed E-state index contributed by atoms with van der Waals surface area (Å²) in [6.45, 7) is 2.10. The highest BCUT2D eigenvalue weighted by Crippen LogP contribution is 2.25. The zero-order valence-corrected chi connectivity index (χ0v) is 8.95. The highest BCUT2D eigenvalue weighted by Gasteiger charge is 2.03. The molecule has 0 saturated carbocycles. The fourth-order valence-electron chi connectivity index (χ4n) is 1.05. The van der Waals surface area contributed by atoms with Crippen LogP contribution in [0.15, 0.2) is 29.2 Å². The maximum Gasteiger partial charge on any atom is 0.0582 e. The van der Waals surface area contributed by atoms with Crippen LogP contribution < -0.4 is 0 Å². The van der Waals surface area contributed by atoms with Crippen molar-refractivity contribution < 1.29 is 0 Å². The summed E-state index contributed by atoms with van der Waals surface area (Å²) in [6.07, 6.45) is 3.06. The quantitative estimate of drug-likeness (QED) is 0.523. The molecule has 0 saturated heterocycles. The van der Waals surface area contributed by atoms with Gasteiger partial charge in [0.1, 0.15) is 0 Å².